The van der Waals surface area contributed by atoms with Crippen LogP contribution in [0.1, 0.15) is 31.7 Å². The summed E-state index contributed by atoms with van der Waals surface area (Å²) in [4.78, 5) is 2.38. The van der Waals surface area contributed by atoms with Gasteiger partial charge in [-0.05, 0) is 38.9 Å². The van der Waals surface area contributed by atoms with Gasteiger partial charge in [0.05, 0.1) is 0 Å². The van der Waals surface area contributed by atoms with Gasteiger partial charge < -0.3 is 10.2 Å². The quantitative estimate of drug-likeness (QED) is 0.837. The second-order valence-corrected chi connectivity index (χ2v) is 5.50. The van der Waals surface area contributed by atoms with Crippen molar-refractivity contribution in [2.24, 2.45) is 0 Å². The van der Waals surface area contributed by atoms with Crippen molar-refractivity contribution < 1.29 is 13.2 Å². The molecule has 2 nitrogen and oxygen atoms in total. The van der Waals surface area contributed by atoms with Crippen molar-refractivity contribution in [2.75, 3.05) is 19.6 Å². The Morgan fingerprint density at radius 1 is 1.05 bits per heavy atom. The molecular formula is C15H21F3N2. The van der Waals surface area contributed by atoms with E-state index < -0.39 is 17.5 Å². The standard InChI is InChI=1S/C15H21F3N2/c1-11(10-20-5-3-2-4-6-20)19-9-12-7-14(17)15(18)8-13(12)16/h7-8,11,19H,2-6,9-10H2,1H3. The van der Waals surface area contributed by atoms with Crippen molar-refractivity contribution in [1.29, 1.82) is 0 Å². The predicted octanol–water partition coefficient (Wildman–Crippen LogP) is 3.07. The second kappa shape index (κ2) is 7.09. The fourth-order valence-corrected chi connectivity index (χ4v) is 2.58. The molecule has 1 aromatic rings. The highest BCUT2D eigenvalue weighted by Gasteiger charge is 2.14. The van der Waals surface area contributed by atoms with Crippen molar-refractivity contribution in [3.63, 3.8) is 0 Å². The molecule has 1 aliphatic heterocycles. The summed E-state index contributed by atoms with van der Waals surface area (Å²) >= 11 is 0. The smallest absolute Gasteiger partial charge is 0.161 e. The maximum Gasteiger partial charge on any atom is 0.161 e. The van der Waals surface area contributed by atoms with E-state index in [4.69, 9.17) is 0 Å². The van der Waals surface area contributed by atoms with Gasteiger partial charge in [-0.2, -0.15) is 0 Å². The monoisotopic (exact) mass is 286 g/mol. The topological polar surface area (TPSA) is 15.3 Å². The SMILES string of the molecule is CC(CN1CCCCC1)NCc1cc(F)c(F)cc1F. The molecule has 1 aromatic carbocycles. The molecule has 2 rings (SSSR count). The summed E-state index contributed by atoms with van der Waals surface area (Å²) in [5.74, 6) is -2.86. The number of halogens is 3. The molecule has 1 N–H and O–H groups in total. The summed E-state index contributed by atoms with van der Waals surface area (Å²) < 4.78 is 39.4. The molecule has 112 valence electrons. The normalized spacial score (nSPS) is 18.2. The van der Waals surface area contributed by atoms with Crippen molar-refractivity contribution in [1.82, 2.24) is 10.2 Å². The molecule has 0 aromatic heterocycles. The number of rotatable bonds is 5. The van der Waals surface area contributed by atoms with E-state index in [9.17, 15) is 13.2 Å². The summed E-state index contributed by atoms with van der Waals surface area (Å²) in [6.07, 6.45) is 3.74. The third kappa shape index (κ3) is 4.21. The number of hydrogen-bond donors (Lipinski definition) is 1. The maximum absolute atomic E-state index is 13.5. The lowest BCUT2D eigenvalue weighted by Gasteiger charge is -2.29. The van der Waals surface area contributed by atoms with Crippen LogP contribution in [0.3, 0.4) is 0 Å². The largest absolute Gasteiger partial charge is 0.309 e. The van der Waals surface area contributed by atoms with Crippen LogP contribution in [0.2, 0.25) is 0 Å². The first kappa shape index (κ1) is 15.3. The maximum atomic E-state index is 13.5. The molecule has 0 spiro atoms. The molecule has 1 unspecified atom stereocenters. The Balaban J connectivity index is 1.83. The molecule has 1 aliphatic rings. The Morgan fingerprint density at radius 3 is 2.40 bits per heavy atom. The highest BCUT2D eigenvalue weighted by Crippen LogP contribution is 2.14. The molecule has 0 saturated carbocycles. The van der Waals surface area contributed by atoms with Gasteiger partial charge in [0.15, 0.2) is 11.6 Å². The van der Waals surface area contributed by atoms with Crippen LogP contribution in [0.5, 0.6) is 0 Å². The van der Waals surface area contributed by atoms with E-state index in [-0.39, 0.29) is 18.2 Å². The van der Waals surface area contributed by atoms with Gasteiger partial charge in [0, 0.05) is 30.8 Å². The van der Waals surface area contributed by atoms with Crippen LogP contribution in [-0.2, 0) is 6.54 Å². The molecule has 1 fully saturated rings. The Hall–Kier alpha value is -1.07. The first-order chi connectivity index (χ1) is 9.56. The summed E-state index contributed by atoms with van der Waals surface area (Å²) in [7, 11) is 0. The van der Waals surface area contributed by atoms with Crippen molar-refractivity contribution in [3.8, 4) is 0 Å². The van der Waals surface area contributed by atoms with Crippen LogP contribution >= 0.6 is 0 Å². The minimum Gasteiger partial charge on any atom is -0.309 e. The summed E-state index contributed by atoms with van der Waals surface area (Å²) in [6, 6.07) is 1.70. The lowest BCUT2D eigenvalue weighted by molar-refractivity contribution is 0.208. The Morgan fingerprint density at radius 2 is 1.70 bits per heavy atom. The molecule has 1 saturated heterocycles. The van der Waals surface area contributed by atoms with Gasteiger partial charge in [0.2, 0.25) is 0 Å². The lowest BCUT2D eigenvalue weighted by Crippen LogP contribution is -2.41. The van der Waals surface area contributed by atoms with E-state index in [0.717, 1.165) is 25.7 Å². The van der Waals surface area contributed by atoms with Crippen LogP contribution in [0.25, 0.3) is 0 Å². The molecule has 5 heteroatoms. The number of likely N-dealkylation sites (tertiary alicyclic amines) is 1. The van der Waals surface area contributed by atoms with Crippen molar-refractivity contribution in [3.05, 3.63) is 35.1 Å². The number of nitrogens with one attached hydrogen (secondary N) is 1. The third-order valence-electron chi connectivity index (χ3n) is 3.71. The molecule has 1 atom stereocenters. The van der Waals surface area contributed by atoms with Crippen LogP contribution in [-0.4, -0.2) is 30.6 Å². The average molecular weight is 286 g/mol. The lowest BCUT2D eigenvalue weighted by atomic mass is 10.1. The predicted molar refractivity (Wildman–Crippen MR) is 72.9 cm³/mol. The van der Waals surface area contributed by atoms with Gasteiger partial charge in [0.25, 0.3) is 0 Å². The minimum atomic E-state index is -1.15. The van der Waals surface area contributed by atoms with Crippen LogP contribution in [0.15, 0.2) is 12.1 Å². The zero-order chi connectivity index (χ0) is 14.5. The van der Waals surface area contributed by atoms with Gasteiger partial charge in [0.1, 0.15) is 5.82 Å². The first-order valence-corrected chi connectivity index (χ1v) is 7.15. The van der Waals surface area contributed by atoms with E-state index in [1.165, 1.54) is 19.3 Å². The van der Waals surface area contributed by atoms with Gasteiger partial charge in [-0.1, -0.05) is 6.42 Å². The summed E-state index contributed by atoms with van der Waals surface area (Å²) in [5.41, 5.74) is 0.161. The zero-order valence-corrected chi connectivity index (χ0v) is 11.8. The van der Waals surface area contributed by atoms with Crippen LogP contribution in [0.4, 0.5) is 13.2 Å². The molecule has 20 heavy (non-hydrogen) atoms. The van der Waals surface area contributed by atoms with Crippen molar-refractivity contribution >= 4 is 0 Å². The molecule has 1 heterocycles. The van der Waals surface area contributed by atoms with Gasteiger partial charge in [-0.15, -0.1) is 0 Å². The molecular weight excluding hydrogens is 265 g/mol. The van der Waals surface area contributed by atoms with Gasteiger partial charge in [-0.25, -0.2) is 13.2 Å². The number of benzene rings is 1. The number of hydrogen-bond acceptors (Lipinski definition) is 2. The van der Waals surface area contributed by atoms with E-state index in [2.05, 4.69) is 10.2 Å². The van der Waals surface area contributed by atoms with Crippen LogP contribution < -0.4 is 5.32 Å². The highest BCUT2D eigenvalue weighted by atomic mass is 19.2. The molecule has 0 aliphatic carbocycles. The van der Waals surface area contributed by atoms with Crippen molar-refractivity contribution in [2.45, 2.75) is 38.8 Å². The Kier molecular flexibility index (Phi) is 5.43. The zero-order valence-electron chi connectivity index (χ0n) is 11.8. The third-order valence-corrected chi connectivity index (χ3v) is 3.71. The summed E-state index contributed by atoms with van der Waals surface area (Å²) in [5, 5.41) is 3.16. The molecule has 0 radical (unpaired) electrons. The number of piperidine rings is 1. The van der Waals surface area contributed by atoms with E-state index in [0.29, 0.717) is 6.07 Å². The van der Waals surface area contributed by atoms with E-state index >= 15 is 0 Å². The fourth-order valence-electron chi connectivity index (χ4n) is 2.58. The minimum absolute atomic E-state index is 0.161. The summed E-state index contributed by atoms with van der Waals surface area (Å²) in [6.45, 7) is 5.33. The second-order valence-electron chi connectivity index (χ2n) is 5.50. The first-order valence-electron chi connectivity index (χ1n) is 7.15. The fraction of sp³-hybridized carbons (Fsp3) is 0.600. The Labute approximate surface area is 118 Å². The van der Waals surface area contributed by atoms with Gasteiger partial charge >= 0.3 is 0 Å². The van der Waals surface area contributed by atoms with Gasteiger partial charge in [-0.3, -0.25) is 0 Å². The molecule has 0 amide bonds. The Bertz CT molecular complexity index is 445. The molecule has 0 bridgehead atoms. The number of nitrogens with zero attached hydrogens (tertiary/aromatic N) is 1. The van der Waals surface area contributed by atoms with E-state index in [1.807, 2.05) is 6.92 Å². The van der Waals surface area contributed by atoms with E-state index in [1.54, 1.807) is 0 Å². The van der Waals surface area contributed by atoms with Crippen LogP contribution in [0, 0.1) is 17.5 Å². The highest BCUT2D eigenvalue weighted by molar-refractivity contribution is 5.20. The average Bonchev–Trinajstić information content (AvgIpc) is 2.42.